The molecule has 0 aliphatic heterocycles. The third kappa shape index (κ3) is 11.0. The highest BCUT2D eigenvalue weighted by Crippen LogP contribution is 2.20. The van der Waals surface area contributed by atoms with Gasteiger partial charge in [0.05, 0.1) is 0 Å². The van der Waals surface area contributed by atoms with Gasteiger partial charge in [0.1, 0.15) is 11.1 Å². The number of rotatable bonds is 15. The van der Waals surface area contributed by atoms with E-state index in [-0.39, 0.29) is 6.09 Å². The largest absolute Gasteiger partial charge is 0.444 e. The third-order valence-corrected chi connectivity index (χ3v) is 5.55. The number of amides is 1. The van der Waals surface area contributed by atoms with E-state index in [2.05, 4.69) is 35.4 Å². The van der Waals surface area contributed by atoms with Crippen LogP contribution in [0.2, 0.25) is 0 Å². The van der Waals surface area contributed by atoms with Crippen LogP contribution in [0.3, 0.4) is 0 Å². The van der Waals surface area contributed by atoms with Crippen molar-refractivity contribution in [3.05, 3.63) is 29.7 Å². The average Bonchev–Trinajstić information content (AvgIpc) is 3.13. The molecule has 0 spiro atoms. The SMILES string of the molecule is CCCCCCCCCCc1ccc2oc(CCCCCNC(=O)OC(C)(C)C)nc2c1. The number of fused-ring (bicyclic) bond motifs is 1. The van der Waals surface area contributed by atoms with Gasteiger partial charge in [0.2, 0.25) is 0 Å². The second-order valence-electron chi connectivity index (χ2n) is 9.87. The summed E-state index contributed by atoms with van der Waals surface area (Å²) in [5.41, 5.74) is 2.76. The topological polar surface area (TPSA) is 64.4 Å². The summed E-state index contributed by atoms with van der Waals surface area (Å²) >= 11 is 0. The minimum Gasteiger partial charge on any atom is -0.444 e. The Morgan fingerprint density at radius 1 is 0.938 bits per heavy atom. The van der Waals surface area contributed by atoms with Gasteiger partial charge in [-0.3, -0.25) is 0 Å². The van der Waals surface area contributed by atoms with Gasteiger partial charge in [0, 0.05) is 13.0 Å². The number of oxazole rings is 1. The van der Waals surface area contributed by atoms with Crippen molar-refractivity contribution >= 4 is 17.2 Å². The molecule has 0 fully saturated rings. The standard InChI is InChI=1S/C27H44N2O3/c1-5-6-7-8-9-10-11-13-16-22-18-19-24-23(21-22)29-25(31-24)17-14-12-15-20-28-26(30)32-27(2,3)4/h18-19,21H,5-17,20H2,1-4H3,(H,28,30). The smallest absolute Gasteiger partial charge is 0.407 e. The normalized spacial score (nSPS) is 11.8. The Morgan fingerprint density at radius 3 is 2.31 bits per heavy atom. The number of aryl methyl sites for hydroxylation is 2. The predicted molar refractivity (Wildman–Crippen MR) is 132 cm³/mol. The number of carbonyl (C=O) groups excluding carboxylic acids is 1. The monoisotopic (exact) mass is 444 g/mol. The van der Waals surface area contributed by atoms with Crippen molar-refractivity contribution in [3.8, 4) is 0 Å². The first kappa shape index (κ1) is 26.2. The van der Waals surface area contributed by atoms with Gasteiger partial charge in [-0.05, 0) is 64.2 Å². The molecule has 0 aliphatic rings. The third-order valence-electron chi connectivity index (χ3n) is 5.55. The highest BCUT2D eigenvalue weighted by atomic mass is 16.6. The molecule has 0 unspecified atom stereocenters. The van der Waals surface area contributed by atoms with Crippen LogP contribution in [-0.2, 0) is 17.6 Å². The van der Waals surface area contributed by atoms with E-state index in [1.165, 1.54) is 56.9 Å². The number of benzene rings is 1. The zero-order valence-electron chi connectivity index (χ0n) is 20.8. The number of ether oxygens (including phenoxy) is 1. The summed E-state index contributed by atoms with van der Waals surface area (Å²) in [4.78, 5) is 16.3. The van der Waals surface area contributed by atoms with E-state index in [9.17, 15) is 4.79 Å². The molecule has 1 amide bonds. The summed E-state index contributed by atoms with van der Waals surface area (Å²) in [5, 5.41) is 2.80. The van der Waals surface area contributed by atoms with Gasteiger partial charge >= 0.3 is 6.09 Å². The number of alkyl carbamates (subject to hydrolysis) is 1. The van der Waals surface area contributed by atoms with Crippen LogP contribution in [0.1, 0.15) is 110 Å². The van der Waals surface area contributed by atoms with Crippen molar-refractivity contribution in [2.45, 2.75) is 117 Å². The number of nitrogens with one attached hydrogen (secondary N) is 1. The summed E-state index contributed by atoms with van der Waals surface area (Å²) in [6.07, 6.45) is 15.3. The van der Waals surface area contributed by atoms with Crippen LogP contribution in [-0.4, -0.2) is 23.2 Å². The fourth-order valence-corrected chi connectivity index (χ4v) is 3.83. The van der Waals surface area contributed by atoms with Crippen molar-refractivity contribution in [1.29, 1.82) is 0 Å². The number of nitrogens with zero attached hydrogens (tertiary/aromatic N) is 1. The Bertz CT molecular complexity index is 792. The van der Waals surface area contributed by atoms with Crippen molar-refractivity contribution in [3.63, 3.8) is 0 Å². The molecule has 5 heteroatoms. The number of aromatic nitrogens is 1. The molecule has 0 aliphatic carbocycles. The predicted octanol–water partition coefficient (Wildman–Crippen LogP) is 7.75. The fourth-order valence-electron chi connectivity index (χ4n) is 3.83. The molecule has 2 rings (SSSR count). The zero-order valence-corrected chi connectivity index (χ0v) is 20.8. The fraction of sp³-hybridized carbons (Fsp3) is 0.704. The first-order chi connectivity index (χ1) is 15.4. The number of hydrogen-bond acceptors (Lipinski definition) is 4. The molecule has 180 valence electrons. The van der Waals surface area contributed by atoms with E-state index in [1.807, 2.05) is 20.8 Å². The molecule has 1 N–H and O–H groups in total. The summed E-state index contributed by atoms with van der Waals surface area (Å²) in [7, 11) is 0. The second-order valence-corrected chi connectivity index (χ2v) is 9.87. The minimum absolute atomic E-state index is 0.348. The Balaban J connectivity index is 1.61. The van der Waals surface area contributed by atoms with Crippen molar-refractivity contribution in [2.24, 2.45) is 0 Å². The van der Waals surface area contributed by atoms with Gasteiger partial charge in [-0.2, -0.15) is 0 Å². The molecule has 0 saturated heterocycles. The number of carbonyl (C=O) groups is 1. The van der Waals surface area contributed by atoms with E-state index < -0.39 is 5.60 Å². The van der Waals surface area contributed by atoms with E-state index in [1.54, 1.807) is 0 Å². The Morgan fingerprint density at radius 2 is 1.59 bits per heavy atom. The molecule has 1 aromatic heterocycles. The highest BCUT2D eigenvalue weighted by molar-refractivity contribution is 5.73. The highest BCUT2D eigenvalue weighted by Gasteiger charge is 2.15. The lowest BCUT2D eigenvalue weighted by atomic mass is 10.0. The molecule has 0 bridgehead atoms. The Labute approximate surface area is 194 Å². The van der Waals surface area contributed by atoms with Crippen molar-refractivity contribution < 1.29 is 13.9 Å². The van der Waals surface area contributed by atoms with E-state index in [4.69, 9.17) is 9.15 Å². The van der Waals surface area contributed by atoms with Crippen LogP contribution >= 0.6 is 0 Å². The molecule has 0 radical (unpaired) electrons. The van der Waals surface area contributed by atoms with Gasteiger partial charge in [0.15, 0.2) is 11.5 Å². The molecule has 0 atom stereocenters. The molecule has 1 heterocycles. The van der Waals surface area contributed by atoms with Crippen LogP contribution in [0.5, 0.6) is 0 Å². The van der Waals surface area contributed by atoms with Crippen LogP contribution < -0.4 is 5.32 Å². The van der Waals surface area contributed by atoms with Crippen molar-refractivity contribution in [2.75, 3.05) is 6.54 Å². The average molecular weight is 445 g/mol. The van der Waals surface area contributed by atoms with E-state index in [0.717, 1.165) is 49.1 Å². The van der Waals surface area contributed by atoms with Crippen LogP contribution in [0, 0.1) is 0 Å². The first-order valence-electron chi connectivity index (χ1n) is 12.7. The number of hydrogen-bond donors (Lipinski definition) is 1. The maximum absolute atomic E-state index is 11.6. The lowest BCUT2D eigenvalue weighted by Crippen LogP contribution is -2.32. The molecule has 5 nitrogen and oxygen atoms in total. The second kappa shape index (κ2) is 14.2. The van der Waals surface area contributed by atoms with Crippen LogP contribution in [0.4, 0.5) is 4.79 Å². The van der Waals surface area contributed by atoms with Gasteiger partial charge in [-0.25, -0.2) is 9.78 Å². The maximum Gasteiger partial charge on any atom is 0.407 e. The maximum atomic E-state index is 11.6. The lowest BCUT2D eigenvalue weighted by Gasteiger charge is -2.19. The zero-order chi connectivity index (χ0) is 23.2. The number of unbranched alkanes of at least 4 members (excludes halogenated alkanes) is 9. The first-order valence-corrected chi connectivity index (χ1v) is 12.7. The summed E-state index contributed by atoms with van der Waals surface area (Å²) in [6.45, 7) is 8.50. The van der Waals surface area contributed by atoms with E-state index >= 15 is 0 Å². The molecule has 32 heavy (non-hydrogen) atoms. The molecule has 2 aromatic rings. The van der Waals surface area contributed by atoms with Gasteiger partial charge in [-0.1, -0.05) is 64.4 Å². The van der Waals surface area contributed by atoms with E-state index in [0.29, 0.717) is 6.54 Å². The van der Waals surface area contributed by atoms with Gasteiger partial charge in [-0.15, -0.1) is 0 Å². The lowest BCUT2D eigenvalue weighted by molar-refractivity contribution is 0.0527. The summed E-state index contributed by atoms with van der Waals surface area (Å²) in [5.74, 6) is 0.810. The quantitative estimate of drug-likeness (QED) is 0.285. The molecular formula is C27H44N2O3. The van der Waals surface area contributed by atoms with Crippen LogP contribution in [0.25, 0.3) is 11.1 Å². The Kier molecular flexibility index (Phi) is 11.6. The van der Waals surface area contributed by atoms with Crippen molar-refractivity contribution in [1.82, 2.24) is 10.3 Å². The summed E-state index contributed by atoms with van der Waals surface area (Å²) in [6, 6.07) is 6.44. The Hall–Kier alpha value is -2.04. The molecule has 0 saturated carbocycles. The molecular weight excluding hydrogens is 400 g/mol. The van der Waals surface area contributed by atoms with Crippen LogP contribution in [0.15, 0.2) is 22.6 Å². The van der Waals surface area contributed by atoms with Gasteiger partial charge in [0.25, 0.3) is 0 Å². The summed E-state index contributed by atoms with van der Waals surface area (Å²) < 4.78 is 11.1. The van der Waals surface area contributed by atoms with Gasteiger partial charge < -0.3 is 14.5 Å². The minimum atomic E-state index is -0.454. The molecule has 1 aromatic carbocycles.